The molecule has 0 aliphatic carbocycles. The monoisotopic (exact) mass is 181 g/mol. The van der Waals surface area contributed by atoms with Gasteiger partial charge < -0.3 is 16.2 Å². The van der Waals surface area contributed by atoms with E-state index in [0.717, 1.165) is 11.3 Å². The number of nitrogens with one attached hydrogen (secondary N) is 1. The third kappa shape index (κ3) is 2.62. The Labute approximate surface area is 75.6 Å². The van der Waals surface area contributed by atoms with E-state index < -0.39 is 6.09 Å². The Balaban J connectivity index is 2.72. The molecule has 0 unspecified atom stereocenters. The lowest BCUT2D eigenvalue weighted by Crippen LogP contribution is -2.20. The molecule has 70 valence electrons. The van der Waals surface area contributed by atoms with Gasteiger partial charge in [0.15, 0.2) is 0 Å². The van der Waals surface area contributed by atoms with E-state index in [9.17, 15) is 4.79 Å². The van der Waals surface area contributed by atoms with E-state index in [1.54, 1.807) is 19.1 Å². The number of amides is 1. The van der Waals surface area contributed by atoms with E-state index in [1.807, 2.05) is 0 Å². The molecule has 1 amide bonds. The lowest BCUT2D eigenvalue weighted by atomic mass is 10.2. The zero-order valence-electron chi connectivity index (χ0n) is 7.24. The molecule has 1 aromatic rings. The summed E-state index contributed by atoms with van der Waals surface area (Å²) in [4.78, 5) is 14.2. The van der Waals surface area contributed by atoms with Crippen molar-refractivity contribution in [3.63, 3.8) is 0 Å². The van der Waals surface area contributed by atoms with E-state index in [1.165, 1.54) is 0 Å². The van der Waals surface area contributed by atoms with Gasteiger partial charge in [-0.1, -0.05) is 6.07 Å². The second-order valence-corrected chi connectivity index (χ2v) is 2.64. The van der Waals surface area contributed by atoms with Gasteiger partial charge in [-0.2, -0.15) is 0 Å². The molecular formula is C8H11N3O2. The van der Waals surface area contributed by atoms with Crippen LogP contribution in [-0.2, 0) is 6.54 Å². The van der Waals surface area contributed by atoms with Crippen LogP contribution < -0.4 is 11.1 Å². The minimum Gasteiger partial charge on any atom is -0.465 e. The molecule has 0 radical (unpaired) electrons. The third-order valence-corrected chi connectivity index (χ3v) is 1.65. The standard InChI is InChI=1S/C8H11N3O2/c1-5-6(4-10-8(12)13)2-3-7(9)11-5/h2-3,10H,4H2,1H3,(H2,9,11)(H,12,13). The summed E-state index contributed by atoms with van der Waals surface area (Å²) < 4.78 is 0. The van der Waals surface area contributed by atoms with Crippen molar-refractivity contribution in [3.05, 3.63) is 23.4 Å². The second-order valence-electron chi connectivity index (χ2n) is 2.64. The predicted molar refractivity (Wildman–Crippen MR) is 48.3 cm³/mol. The van der Waals surface area contributed by atoms with Crippen LogP contribution in [0.25, 0.3) is 0 Å². The van der Waals surface area contributed by atoms with Crippen molar-refractivity contribution in [1.82, 2.24) is 10.3 Å². The quantitative estimate of drug-likeness (QED) is 0.627. The highest BCUT2D eigenvalue weighted by Gasteiger charge is 2.01. The molecule has 0 aromatic carbocycles. The molecule has 0 atom stereocenters. The molecule has 0 saturated carbocycles. The van der Waals surface area contributed by atoms with Crippen LogP contribution in [0, 0.1) is 6.92 Å². The molecule has 1 aromatic heterocycles. The van der Waals surface area contributed by atoms with Gasteiger partial charge in [-0.3, -0.25) is 0 Å². The van der Waals surface area contributed by atoms with Crippen LogP contribution in [-0.4, -0.2) is 16.2 Å². The predicted octanol–water partition coefficient (Wildman–Crippen LogP) is 0.740. The highest BCUT2D eigenvalue weighted by Crippen LogP contribution is 2.07. The molecule has 4 N–H and O–H groups in total. The van der Waals surface area contributed by atoms with Crippen molar-refractivity contribution in [2.75, 3.05) is 5.73 Å². The Morgan fingerprint density at radius 3 is 2.92 bits per heavy atom. The molecule has 1 heterocycles. The smallest absolute Gasteiger partial charge is 0.404 e. The summed E-state index contributed by atoms with van der Waals surface area (Å²) in [5.41, 5.74) is 7.01. The number of hydrogen-bond acceptors (Lipinski definition) is 3. The fourth-order valence-corrected chi connectivity index (χ4v) is 0.967. The summed E-state index contributed by atoms with van der Waals surface area (Å²) in [6.07, 6.45) is -1.05. The topological polar surface area (TPSA) is 88.2 Å². The van der Waals surface area contributed by atoms with Crippen LogP contribution in [0.4, 0.5) is 10.6 Å². The highest BCUT2D eigenvalue weighted by molar-refractivity contribution is 5.64. The normalized spacial score (nSPS) is 9.62. The summed E-state index contributed by atoms with van der Waals surface area (Å²) in [5, 5.41) is 10.6. The summed E-state index contributed by atoms with van der Waals surface area (Å²) in [7, 11) is 0. The van der Waals surface area contributed by atoms with Crippen molar-refractivity contribution in [1.29, 1.82) is 0 Å². The number of anilines is 1. The van der Waals surface area contributed by atoms with Crippen LogP contribution in [0.1, 0.15) is 11.3 Å². The number of carboxylic acid groups (broad SMARTS) is 1. The van der Waals surface area contributed by atoms with Crippen LogP contribution in [0.15, 0.2) is 12.1 Å². The number of rotatable bonds is 2. The minimum atomic E-state index is -1.05. The average molecular weight is 181 g/mol. The number of nitrogen functional groups attached to an aromatic ring is 1. The van der Waals surface area contributed by atoms with Crippen LogP contribution in [0.2, 0.25) is 0 Å². The number of aromatic nitrogens is 1. The van der Waals surface area contributed by atoms with Crippen molar-refractivity contribution < 1.29 is 9.90 Å². The lowest BCUT2D eigenvalue weighted by Gasteiger charge is -2.04. The van der Waals surface area contributed by atoms with Crippen molar-refractivity contribution in [2.24, 2.45) is 0 Å². The van der Waals surface area contributed by atoms with Crippen molar-refractivity contribution in [2.45, 2.75) is 13.5 Å². The fourth-order valence-electron chi connectivity index (χ4n) is 0.967. The zero-order chi connectivity index (χ0) is 9.84. The first kappa shape index (κ1) is 9.31. The van der Waals surface area contributed by atoms with Gasteiger partial charge in [0.2, 0.25) is 0 Å². The number of nitrogens with two attached hydrogens (primary N) is 1. The molecule has 1 rings (SSSR count). The number of aryl methyl sites for hydroxylation is 1. The number of nitrogens with zero attached hydrogens (tertiary/aromatic N) is 1. The van der Waals surface area contributed by atoms with E-state index >= 15 is 0 Å². The SMILES string of the molecule is Cc1nc(N)ccc1CNC(=O)O. The van der Waals surface area contributed by atoms with Crippen molar-refractivity contribution >= 4 is 11.9 Å². The van der Waals surface area contributed by atoms with Crippen LogP contribution in [0.3, 0.4) is 0 Å². The van der Waals surface area contributed by atoms with Gasteiger partial charge >= 0.3 is 6.09 Å². The average Bonchev–Trinajstić information content (AvgIpc) is 2.02. The van der Waals surface area contributed by atoms with Gasteiger partial charge in [-0.25, -0.2) is 9.78 Å². The maximum absolute atomic E-state index is 10.2. The molecular weight excluding hydrogens is 170 g/mol. The maximum atomic E-state index is 10.2. The summed E-state index contributed by atoms with van der Waals surface area (Å²) >= 11 is 0. The number of carbonyl (C=O) groups is 1. The molecule has 0 saturated heterocycles. The van der Waals surface area contributed by atoms with Gasteiger partial charge in [-0.15, -0.1) is 0 Å². The molecule has 0 bridgehead atoms. The Hall–Kier alpha value is -1.78. The first-order valence-corrected chi connectivity index (χ1v) is 3.78. The minimum absolute atomic E-state index is 0.258. The summed E-state index contributed by atoms with van der Waals surface area (Å²) in [6.45, 7) is 2.05. The van der Waals surface area contributed by atoms with Gasteiger partial charge in [0.05, 0.1) is 0 Å². The summed E-state index contributed by atoms with van der Waals surface area (Å²) in [5.74, 6) is 0.441. The fraction of sp³-hybridized carbons (Fsp3) is 0.250. The molecule has 13 heavy (non-hydrogen) atoms. The molecule has 5 nitrogen and oxygen atoms in total. The summed E-state index contributed by atoms with van der Waals surface area (Å²) in [6, 6.07) is 3.40. The number of pyridine rings is 1. The largest absolute Gasteiger partial charge is 0.465 e. The van der Waals surface area contributed by atoms with Crippen LogP contribution >= 0.6 is 0 Å². The Kier molecular flexibility index (Phi) is 2.69. The van der Waals surface area contributed by atoms with Crippen molar-refractivity contribution in [3.8, 4) is 0 Å². The Morgan fingerprint density at radius 2 is 2.38 bits per heavy atom. The van der Waals surface area contributed by atoms with E-state index in [4.69, 9.17) is 10.8 Å². The highest BCUT2D eigenvalue weighted by atomic mass is 16.4. The van der Waals surface area contributed by atoms with E-state index in [2.05, 4.69) is 10.3 Å². The van der Waals surface area contributed by atoms with Gasteiger partial charge in [0, 0.05) is 12.2 Å². The first-order chi connectivity index (χ1) is 6.09. The molecule has 0 aliphatic heterocycles. The first-order valence-electron chi connectivity index (χ1n) is 3.78. The van der Waals surface area contributed by atoms with Gasteiger partial charge in [0.25, 0.3) is 0 Å². The van der Waals surface area contributed by atoms with Crippen LogP contribution in [0.5, 0.6) is 0 Å². The molecule has 0 aliphatic rings. The molecule has 5 heteroatoms. The number of hydrogen-bond donors (Lipinski definition) is 3. The van der Waals surface area contributed by atoms with E-state index in [-0.39, 0.29) is 6.54 Å². The maximum Gasteiger partial charge on any atom is 0.404 e. The lowest BCUT2D eigenvalue weighted by molar-refractivity contribution is 0.194. The van der Waals surface area contributed by atoms with E-state index in [0.29, 0.717) is 5.82 Å². The van der Waals surface area contributed by atoms with Gasteiger partial charge in [-0.05, 0) is 18.6 Å². The Morgan fingerprint density at radius 1 is 1.69 bits per heavy atom. The molecule has 0 spiro atoms. The second kappa shape index (κ2) is 3.75. The molecule has 0 fully saturated rings. The van der Waals surface area contributed by atoms with Gasteiger partial charge in [0.1, 0.15) is 5.82 Å². The third-order valence-electron chi connectivity index (χ3n) is 1.65. The Bertz CT molecular complexity index is 325. The zero-order valence-corrected chi connectivity index (χ0v) is 7.24.